The molecule has 1 heterocycles. The van der Waals surface area contributed by atoms with Gasteiger partial charge >= 0.3 is 0 Å². The largest absolute Gasteiger partial charge is 0.143 e. The molecule has 1 aliphatic heterocycles. The molecule has 0 radical (unpaired) electrons. The van der Waals surface area contributed by atoms with Crippen LogP contribution in [-0.4, -0.2) is 4.58 Å². The van der Waals surface area contributed by atoms with Gasteiger partial charge in [-0.3, -0.25) is 0 Å². The average molecular weight is 224 g/mol. The second-order valence-corrected chi connectivity index (χ2v) is 6.85. The van der Waals surface area contributed by atoms with E-state index >= 15 is 0 Å². The molecule has 0 aromatic heterocycles. The van der Waals surface area contributed by atoms with Gasteiger partial charge in [-0.05, 0) is 43.0 Å². The van der Waals surface area contributed by atoms with Gasteiger partial charge in [-0.1, -0.05) is 12.1 Å². The van der Waals surface area contributed by atoms with Crippen molar-refractivity contribution in [1.29, 1.82) is 0 Å². The minimum Gasteiger partial charge on any atom is -0.143 e. The first-order valence-electron chi connectivity index (χ1n) is 4.99. The molecule has 0 aliphatic carbocycles. The molecular formula is C12H16S2. The molecule has 0 atom stereocenters. The van der Waals surface area contributed by atoms with E-state index in [4.69, 9.17) is 0 Å². The van der Waals surface area contributed by atoms with Crippen LogP contribution in [0, 0.1) is 13.8 Å². The third kappa shape index (κ3) is 2.12. The summed E-state index contributed by atoms with van der Waals surface area (Å²) in [5.74, 6) is 2.37. The summed E-state index contributed by atoms with van der Waals surface area (Å²) in [6.07, 6.45) is 0. The lowest BCUT2D eigenvalue weighted by Gasteiger charge is -2.08. The summed E-state index contributed by atoms with van der Waals surface area (Å²) in [4.78, 5) is 0. The summed E-state index contributed by atoms with van der Waals surface area (Å²) < 4.78 is 0.739. The second-order valence-electron chi connectivity index (χ2n) is 3.89. The zero-order valence-electron chi connectivity index (χ0n) is 8.96. The Morgan fingerprint density at radius 2 is 1.43 bits per heavy atom. The maximum absolute atomic E-state index is 2.37. The molecule has 1 aromatic carbocycles. The molecule has 0 unspecified atom stereocenters. The third-order valence-corrected chi connectivity index (χ3v) is 5.47. The van der Waals surface area contributed by atoms with Gasteiger partial charge in [0.15, 0.2) is 0 Å². The van der Waals surface area contributed by atoms with E-state index in [1.54, 1.807) is 11.1 Å². The van der Waals surface area contributed by atoms with Crippen LogP contribution in [0.2, 0.25) is 0 Å². The van der Waals surface area contributed by atoms with E-state index in [0.717, 1.165) is 4.58 Å². The summed E-state index contributed by atoms with van der Waals surface area (Å²) in [5.41, 5.74) is 5.97. The molecule has 76 valence electrons. The van der Waals surface area contributed by atoms with Crippen LogP contribution in [0.25, 0.3) is 0 Å². The maximum Gasteiger partial charge on any atom is 0.0481 e. The van der Waals surface area contributed by atoms with E-state index < -0.39 is 0 Å². The molecule has 0 N–H and O–H groups in total. The molecule has 0 spiro atoms. The van der Waals surface area contributed by atoms with E-state index in [-0.39, 0.29) is 0 Å². The number of aryl methyl sites for hydroxylation is 2. The maximum atomic E-state index is 2.37. The van der Waals surface area contributed by atoms with E-state index in [2.05, 4.69) is 56.4 Å². The van der Waals surface area contributed by atoms with Crippen LogP contribution < -0.4 is 0 Å². The van der Waals surface area contributed by atoms with Crippen LogP contribution in [-0.2, 0) is 11.5 Å². The lowest BCUT2D eigenvalue weighted by molar-refractivity contribution is 1.22. The van der Waals surface area contributed by atoms with Crippen molar-refractivity contribution in [2.75, 3.05) is 0 Å². The van der Waals surface area contributed by atoms with Crippen molar-refractivity contribution in [1.82, 2.24) is 0 Å². The Hall–Kier alpha value is -0.0800. The van der Waals surface area contributed by atoms with Crippen molar-refractivity contribution in [2.24, 2.45) is 0 Å². The molecule has 0 amide bonds. The van der Waals surface area contributed by atoms with Gasteiger partial charge in [0.05, 0.1) is 0 Å². The Balaban J connectivity index is 2.36. The fourth-order valence-corrected chi connectivity index (χ4v) is 3.83. The Morgan fingerprint density at radius 3 is 1.86 bits per heavy atom. The standard InChI is InChI=1S/C12H16S2/c1-8-4-11-6-13-10(3)14-7-12(11)5-9(8)2/h4-5,10H,6-7H2,1-3H3. The van der Waals surface area contributed by atoms with E-state index in [0.29, 0.717) is 0 Å². The topological polar surface area (TPSA) is 0 Å². The smallest absolute Gasteiger partial charge is 0.0481 e. The minimum atomic E-state index is 0.739. The quantitative estimate of drug-likeness (QED) is 0.650. The highest BCUT2D eigenvalue weighted by Crippen LogP contribution is 2.36. The van der Waals surface area contributed by atoms with Crippen molar-refractivity contribution in [3.8, 4) is 0 Å². The van der Waals surface area contributed by atoms with E-state index in [9.17, 15) is 0 Å². The van der Waals surface area contributed by atoms with E-state index in [1.165, 1.54) is 22.6 Å². The minimum absolute atomic E-state index is 0.739. The lowest BCUT2D eigenvalue weighted by atomic mass is 10.0. The van der Waals surface area contributed by atoms with Gasteiger partial charge in [0.2, 0.25) is 0 Å². The number of rotatable bonds is 0. The number of hydrogen-bond acceptors (Lipinski definition) is 2. The Bertz CT molecular complexity index is 311. The molecule has 1 aliphatic rings. The number of thioether (sulfide) groups is 2. The van der Waals surface area contributed by atoms with Crippen molar-refractivity contribution < 1.29 is 0 Å². The molecule has 0 saturated heterocycles. The predicted molar refractivity (Wildman–Crippen MR) is 68.0 cm³/mol. The summed E-state index contributed by atoms with van der Waals surface area (Å²) in [7, 11) is 0. The first-order chi connectivity index (χ1) is 6.66. The van der Waals surface area contributed by atoms with Gasteiger partial charge < -0.3 is 0 Å². The monoisotopic (exact) mass is 224 g/mol. The first-order valence-corrected chi connectivity index (χ1v) is 7.09. The summed E-state index contributed by atoms with van der Waals surface area (Å²) in [5, 5.41) is 0. The zero-order chi connectivity index (χ0) is 10.1. The van der Waals surface area contributed by atoms with Crippen LogP contribution in [0.3, 0.4) is 0 Å². The predicted octanol–water partition coefficient (Wildman–Crippen LogP) is 4.13. The fraction of sp³-hybridized carbons (Fsp3) is 0.500. The highest BCUT2D eigenvalue weighted by molar-refractivity contribution is 8.16. The molecule has 0 fully saturated rings. The summed E-state index contributed by atoms with van der Waals surface area (Å²) >= 11 is 4.12. The molecule has 2 heteroatoms. The molecule has 2 rings (SSSR count). The molecule has 0 saturated carbocycles. The summed E-state index contributed by atoms with van der Waals surface area (Å²) in [6, 6.07) is 4.74. The van der Waals surface area contributed by atoms with Gasteiger partial charge in [-0.15, -0.1) is 23.5 Å². The van der Waals surface area contributed by atoms with Crippen molar-refractivity contribution in [3.63, 3.8) is 0 Å². The van der Waals surface area contributed by atoms with Crippen molar-refractivity contribution >= 4 is 23.5 Å². The van der Waals surface area contributed by atoms with Gasteiger partial charge in [0, 0.05) is 16.1 Å². The molecule has 1 aromatic rings. The number of fused-ring (bicyclic) bond motifs is 1. The third-order valence-electron chi connectivity index (χ3n) is 2.76. The first kappa shape index (κ1) is 10.4. The van der Waals surface area contributed by atoms with Gasteiger partial charge in [-0.2, -0.15) is 0 Å². The van der Waals surface area contributed by atoms with Gasteiger partial charge in [0.1, 0.15) is 0 Å². The van der Waals surface area contributed by atoms with Crippen LogP contribution in [0.5, 0.6) is 0 Å². The molecule has 0 bridgehead atoms. The van der Waals surface area contributed by atoms with E-state index in [1.807, 2.05) is 0 Å². The second kappa shape index (κ2) is 4.19. The van der Waals surface area contributed by atoms with Crippen LogP contribution >= 0.6 is 23.5 Å². The van der Waals surface area contributed by atoms with Crippen LogP contribution in [0.1, 0.15) is 29.2 Å². The fourth-order valence-electron chi connectivity index (χ4n) is 1.67. The normalized spacial score (nSPS) is 17.6. The zero-order valence-corrected chi connectivity index (χ0v) is 10.6. The Kier molecular flexibility index (Phi) is 3.13. The van der Waals surface area contributed by atoms with Crippen LogP contribution in [0.4, 0.5) is 0 Å². The average Bonchev–Trinajstić information content (AvgIpc) is 2.31. The van der Waals surface area contributed by atoms with Gasteiger partial charge in [-0.25, -0.2) is 0 Å². The van der Waals surface area contributed by atoms with Crippen molar-refractivity contribution in [2.45, 2.75) is 36.9 Å². The number of hydrogen-bond donors (Lipinski definition) is 0. The molecule has 14 heavy (non-hydrogen) atoms. The summed E-state index contributed by atoms with van der Waals surface area (Å²) in [6.45, 7) is 6.73. The molecular weight excluding hydrogens is 208 g/mol. The highest BCUT2D eigenvalue weighted by atomic mass is 32.2. The highest BCUT2D eigenvalue weighted by Gasteiger charge is 2.13. The Morgan fingerprint density at radius 1 is 1.00 bits per heavy atom. The van der Waals surface area contributed by atoms with Crippen molar-refractivity contribution in [3.05, 3.63) is 34.4 Å². The Labute approximate surface area is 94.9 Å². The molecule has 0 nitrogen and oxygen atoms in total. The number of benzene rings is 1. The SMILES string of the molecule is Cc1cc2c(cc1C)CSC(C)SC2. The van der Waals surface area contributed by atoms with Gasteiger partial charge in [0.25, 0.3) is 0 Å². The lowest BCUT2D eigenvalue weighted by Crippen LogP contribution is -1.92. The van der Waals surface area contributed by atoms with Crippen LogP contribution in [0.15, 0.2) is 12.1 Å².